The van der Waals surface area contributed by atoms with Crippen LogP contribution in [0.2, 0.25) is 0 Å². The minimum atomic E-state index is 0.0742. The van der Waals surface area contributed by atoms with Gasteiger partial charge in [0.05, 0.1) is 7.11 Å². The van der Waals surface area contributed by atoms with Crippen molar-refractivity contribution in [2.45, 2.75) is 19.8 Å². The Morgan fingerprint density at radius 2 is 2.00 bits per heavy atom. The maximum Gasteiger partial charge on any atom is 0.163 e. The highest BCUT2D eigenvalue weighted by atomic mass is 16.5. The largest absolute Gasteiger partial charge is 0.497 e. The third kappa shape index (κ3) is 2.67. The molecule has 2 rings (SSSR count). The molecule has 1 aliphatic rings. The van der Waals surface area contributed by atoms with E-state index in [1.807, 2.05) is 6.92 Å². The van der Waals surface area contributed by atoms with Crippen LogP contribution in [-0.4, -0.2) is 18.7 Å². The summed E-state index contributed by atoms with van der Waals surface area (Å²) in [6, 6.07) is 7.07. The first-order valence-corrected chi connectivity index (χ1v) is 5.98. The molecule has 0 aliphatic heterocycles. The number of carbonyl (C=O) groups excluding carboxylic acids is 2. The Balaban J connectivity index is 2.03. The molecule has 1 aromatic carbocycles. The minimum Gasteiger partial charge on any atom is -0.497 e. The fourth-order valence-electron chi connectivity index (χ4n) is 2.19. The Labute approximate surface area is 106 Å². The van der Waals surface area contributed by atoms with Gasteiger partial charge in [-0.3, -0.25) is 9.59 Å². The lowest BCUT2D eigenvalue weighted by Crippen LogP contribution is -2.08. The summed E-state index contributed by atoms with van der Waals surface area (Å²) < 4.78 is 5.05. The molecule has 0 saturated heterocycles. The zero-order valence-corrected chi connectivity index (χ0v) is 10.6. The number of Topliss-reactive ketones (excluding diaryl/α,β-unsaturated/α-hetero) is 1. The van der Waals surface area contributed by atoms with E-state index < -0.39 is 0 Å². The van der Waals surface area contributed by atoms with Crippen molar-refractivity contribution in [1.29, 1.82) is 0 Å². The monoisotopic (exact) mass is 244 g/mol. The predicted octanol–water partition coefficient (Wildman–Crippen LogP) is 2.80. The van der Waals surface area contributed by atoms with Crippen LogP contribution in [0.4, 0.5) is 0 Å². The van der Waals surface area contributed by atoms with E-state index in [-0.39, 0.29) is 17.5 Å². The third-order valence-electron chi connectivity index (χ3n) is 3.32. The van der Waals surface area contributed by atoms with Gasteiger partial charge in [-0.2, -0.15) is 0 Å². The molecule has 0 heterocycles. The van der Waals surface area contributed by atoms with Gasteiger partial charge in [0.25, 0.3) is 0 Å². The second-order valence-corrected chi connectivity index (χ2v) is 4.61. The summed E-state index contributed by atoms with van der Waals surface area (Å²) in [5.74, 6) is 1.01. The summed E-state index contributed by atoms with van der Waals surface area (Å²) in [5.41, 5.74) is 1.69. The topological polar surface area (TPSA) is 43.4 Å². The number of hydrogen-bond donors (Lipinski definition) is 0. The summed E-state index contributed by atoms with van der Waals surface area (Å²) in [5, 5.41) is 0. The second kappa shape index (κ2) is 5.17. The number of ketones is 2. The van der Waals surface area contributed by atoms with Crippen LogP contribution in [0, 0.1) is 5.92 Å². The highest BCUT2D eigenvalue weighted by Crippen LogP contribution is 2.27. The van der Waals surface area contributed by atoms with Crippen molar-refractivity contribution in [3.63, 3.8) is 0 Å². The molecular formula is C15H16O3. The van der Waals surface area contributed by atoms with Gasteiger partial charge in [-0.25, -0.2) is 0 Å². The van der Waals surface area contributed by atoms with Crippen LogP contribution in [-0.2, 0) is 4.79 Å². The molecule has 0 spiro atoms. The average molecular weight is 244 g/mol. The van der Waals surface area contributed by atoms with Crippen molar-refractivity contribution in [2.75, 3.05) is 7.11 Å². The quantitative estimate of drug-likeness (QED) is 0.765. The molecule has 0 radical (unpaired) electrons. The number of hydrogen-bond acceptors (Lipinski definition) is 3. The van der Waals surface area contributed by atoms with E-state index in [4.69, 9.17) is 4.74 Å². The van der Waals surface area contributed by atoms with E-state index in [2.05, 4.69) is 0 Å². The predicted molar refractivity (Wildman–Crippen MR) is 68.8 cm³/mol. The fraction of sp³-hybridized carbons (Fsp3) is 0.333. The SMILES string of the molecule is COc1ccc(C(=O)C[C@@H]2CC(=O)C=C2C)cc1. The molecule has 1 aromatic rings. The van der Waals surface area contributed by atoms with Crippen LogP contribution >= 0.6 is 0 Å². The lowest BCUT2D eigenvalue weighted by atomic mass is 9.93. The zero-order chi connectivity index (χ0) is 13.1. The molecule has 1 aliphatic carbocycles. The molecule has 0 amide bonds. The van der Waals surface area contributed by atoms with Crippen LogP contribution < -0.4 is 4.74 Å². The van der Waals surface area contributed by atoms with Gasteiger partial charge in [-0.1, -0.05) is 5.57 Å². The first-order chi connectivity index (χ1) is 8.60. The number of benzene rings is 1. The second-order valence-electron chi connectivity index (χ2n) is 4.61. The minimum absolute atomic E-state index is 0.0742. The van der Waals surface area contributed by atoms with Crippen LogP contribution in [0.3, 0.4) is 0 Å². The van der Waals surface area contributed by atoms with Crippen molar-refractivity contribution in [3.8, 4) is 5.75 Å². The molecule has 0 bridgehead atoms. The Hall–Kier alpha value is -1.90. The van der Waals surface area contributed by atoms with Crippen molar-refractivity contribution >= 4 is 11.6 Å². The van der Waals surface area contributed by atoms with E-state index in [9.17, 15) is 9.59 Å². The van der Waals surface area contributed by atoms with E-state index in [0.29, 0.717) is 18.4 Å². The van der Waals surface area contributed by atoms with Gasteiger partial charge in [0.15, 0.2) is 11.6 Å². The average Bonchev–Trinajstić information content (AvgIpc) is 2.68. The Bertz CT molecular complexity index is 497. The van der Waals surface area contributed by atoms with E-state index in [1.54, 1.807) is 37.5 Å². The highest BCUT2D eigenvalue weighted by Gasteiger charge is 2.24. The highest BCUT2D eigenvalue weighted by molar-refractivity contribution is 5.98. The number of allylic oxidation sites excluding steroid dienone is 2. The number of rotatable bonds is 4. The molecular weight excluding hydrogens is 228 g/mol. The molecule has 0 fully saturated rings. The normalized spacial score (nSPS) is 18.7. The summed E-state index contributed by atoms with van der Waals surface area (Å²) in [6.45, 7) is 1.91. The van der Waals surface area contributed by atoms with Gasteiger partial charge in [-0.15, -0.1) is 0 Å². The fourth-order valence-corrected chi connectivity index (χ4v) is 2.19. The van der Waals surface area contributed by atoms with Crippen LogP contribution in [0.1, 0.15) is 30.1 Å². The molecule has 3 nitrogen and oxygen atoms in total. The van der Waals surface area contributed by atoms with Crippen LogP contribution in [0.5, 0.6) is 5.75 Å². The van der Waals surface area contributed by atoms with Crippen molar-refractivity contribution in [1.82, 2.24) is 0 Å². The first-order valence-electron chi connectivity index (χ1n) is 5.98. The maximum atomic E-state index is 12.1. The molecule has 94 valence electrons. The first kappa shape index (κ1) is 12.6. The van der Waals surface area contributed by atoms with Crippen molar-refractivity contribution in [3.05, 3.63) is 41.5 Å². The van der Waals surface area contributed by atoms with Gasteiger partial charge in [0, 0.05) is 18.4 Å². The number of methoxy groups -OCH3 is 1. The Morgan fingerprint density at radius 1 is 1.33 bits per heavy atom. The van der Waals surface area contributed by atoms with Gasteiger partial charge in [-0.05, 0) is 43.2 Å². The van der Waals surface area contributed by atoms with Gasteiger partial charge in [0.2, 0.25) is 0 Å². The Kier molecular flexibility index (Phi) is 3.60. The molecule has 18 heavy (non-hydrogen) atoms. The number of carbonyl (C=O) groups is 2. The third-order valence-corrected chi connectivity index (χ3v) is 3.32. The van der Waals surface area contributed by atoms with Gasteiger partial charge in [0.1, 0.15) is 5.75 Å². The Morgan fingerprint density at radius 3 is 2.50 bits per heavy atom. The van der Waals surface area contributed by atoms with Crippen LogP contribution in [0.15, 0.2) is 35.9 Å². The maximum absolute atomic E-state index is 12.1. The summed E-state index contributed by atoms with van der Waals surface area (Å²) in [6.07, 6.45) is 2.51. The molecule has 0 N–H and O–H groups in total. The van der Waals surface area contributed by atoms with Gasteiger partial charge >= 0.3 is 0 Å². The molecule has 0 aromatic heterocycles. The van der Waals surface area contributed by atoms with Gasteiger partial charge < -0.3 is 4.74 Å². The molecule has 3 heteroatoms. The van der Waals surface area contributed by atoms with E-state index in [1.165, 1.54) is 0 Å². The molecule has 0 unspecified atom stereocenters. The summed E-state index contributed by atoms with van der Waals surface area (Å²) >= 11 is 0. The summed E-state index contributed by atoms with van der Waals surface area (Å²) in [7, 11) is 1.59. The lowest BCUT2D eigenvalue weighted by Gasteiger charge is -2.10. The molecule has 1 atom stereocenters. The smallest absolute Gasteiger partial charge is 0.163 e. The van der Waals surface area contributed by atoms with Crippen molar-refractivity contribution < 1.29 is 14.3 Å². The van der Waals surface area contributed by atoms with E-state index >= 15 is 0 Å². The number of ether oxygens (including phenoxy) is 1. The zero-order valence-electron chi connectivity index (χ0n) is 10.6. The molecule has 0 saturated carbocycles. The van der Waals surface area contributed by atoms with E-state index in [0.717, 1.165) is 11.3 Å². The summed E-state index contributed by atoms with van der Waals surface area (Å²) in [4.78, 5) is 23.3. The van der Waals surface area contributed by atoms with Crippen molar-refractivity contribution in [2.24, 2.45) is 5.92 Å². The lowest BCUT2D eigenvalue weighted by molar-refractivity contribution is -0.114. The van der Waals surface area contributed by atoms with Crippen LogP contribution in [0.25, 0.3) is 0 Å². The standard InChI is InChI=1S/C15H16O3/c1-10-7-13(16)8-12(10)9-15(17)11-3-5-14(18-2)6-4-11/h3-7,12H,8-9H2,1-2H3/t12-/m0/s1.